The van der Waals surface area contributed by atoms with Gasteiger partial charge < -0.3 is 20.1 Å². The SMILES string of the molecule is O=C(Nc1ccccc1OCC(F)F)N1CCCC(O)C1. The fourth-order valence-corrected chi connectivity index (χ4v) is 2.18. The van der Waals surface area contributed by atoms with Crippen LogP contribution >= 0.6 is 0 Å². The molecule has 2 rings (SSSR count). The number of hydrogen-bond donors (Lipinski definition) is 2. The van der Waals surface area contributed by atoms with Crippen LogP contribution in [0.2, 0.25) is 0 Å². The third-order valence-corrected chi connectivity index (χ3v) is 3.18. The molecule has 2 N–H and O–H groups in total. The Morgan fingerprint density at radius 3 is 2.95 bits per heavy atom. The van der Waals surface area contributed by atoms with Gasteiger partial charge in [0.2, 0.25) is 0 Å². The number of aliphatic hydroxyl groups excluding tert-OH is 1. The zero-order valence-corrected chi connectivity index (χ0v) is 11.5. The van der Waals surface area contributed by atoms with Crippen LogP contribution in [-0.4, -0.2) is 48.3 Å². The van der Waals surface area contributed by atoms with Gasteiger partial charge in [-0.25, -0.2) is 13.6 Å². The standard InChI is InChI=1S/C14H18F2N2O3/c15-13(16)9-21-12-6-2-1-5-11(12)17-14(20)18-7-3-4-10(19)8-18/h1-2,5-6,10,13,19H,3-4,7-9H2,(H,17,20). The molecule has 0 spiro atoms. The maximum atomic E-state index is 12.2. The molecule has 1 fully saturated rings. The number of piperidine rings is 1. The molecule has 1 saturated heterocycles. The van der Waals surface area contributed by atoms with Crippen molar-refractivity contribution in [2.75, 3.05) is 25.0 Å². The van der Waals surface area contributed by atoms with Crippen molar-refractivity contribution in [2.45, 2.75) is 25.4 Å². The fourth-order valence-electron chi connectivity index (χ4n) is 2.18. The molecule has 1 unspecified atom stereocenters. The molecule has 1 aliphatic heterocycles. The number of alkyl halides is 2. The monoisotopic (exact) mass is 300 g/mol. The Hall–Kier alpha value is -1.89. The molecule has 0 radical (unpaired) electrons. The molecule has 7 heteroatoms. The highest BCUT2D eigenvalue weighted by Crippen LogP contribution is 2.25. The summed E-state index contributed by atoms with van der Waals surface area (Å²) in [5.74, 6) is 0.198. The molecule has 21 heavy (non-hydrogen) atoms. The fraction of sp³-hybridized carbons (Fsp3) is 0.500. The molecule has 5 nitrogen and oxygen atoms in total. The zero-order valence-electron chi connectivity index (χ0n) is 11.5. The van der Waals surface area contributed by atoms with Gasteiger partial charge in [0.15, 0.2) is 0 Å². The highest BCUT2D eigenvalue weighted by atomic mass is 19.3. The van der Waals surface area contributed by atoms with Crippen LogP contribution in [0.1, 0.15) is 12.8 Å². The Morgan fingerprint density at radius 2 is 2.24 bits per heavy atom. The lowest BCUT2D eigenvalue weighted by Gasteiger charge is -2.30. The first kappa shape index (κ1) is 15.5. The van der Waals surface area contributed by atoms with E-state index in [0.717, 1.165) is 6.42 Å². The van der Waals surface area contributed by atoms with Crippen molar-refractivity contribution >= 4 is 11.7 Å². The third-order valence-electron chi connectivity index (χ3n) is 3.18. The van der Waals surface area contributed by atoms with E-state index in [9.17, 15) is 18.7 Å². The second-order valence-electron chi connectivity index (χ2n) is 4.87. The number of β-amino-alcohol motifs (C(OH)–C–C–N with tert-alkyl or cyclic N) is 1. The van der Waals surface area contributed by atoms with Crippen molar-refractivity contribution in [2.24, 2.45) is 0 Å². The molecule has 2 amide bonds. The highest BCUT2D eigenvalue weighted by Gasteiger charge is 2.22. The number of ether oxygens (including phenoxy) is 1. The molecule has 1 aliphatic rings. The molecule has 1 atom stereocenters. The summed E-state index contributed by atoms with van der Waals surface area (Å²) in [4.78, 5) is 13.6. The Bertz CT molecular complexity index is 485. The lowest BCUT2D eigenvalue weighted by molar-refractivity contribution is 0.0820. The molecule has 1 aromatic rings. The van der Waals surface area contributed by atoms with Crippen LogP contribution in [0.25, 0.3) is 0 Å². The van der Waals surface area contributed by atoms with Crippen molar-refractivity contribution in [3.05, 3.63) is 24.3 Å². The molecule has 0 aliphatic carbocycles. The Morgan fingerprint density at radius 1 is 1.48 bits per heavy atom. The lowest BCUT2D eigenvalue weighted by atomic mass is 10.1. The van der Waals surface area contributed by atoms with Crippen LogP contribution in [0.4, 0.5) is 19.3 Å². The number of likely N-dealkylation sites (tertiary alicyclic amines) is 1. The number of carbonyl (C=O) groups is 1. The molecular formula is C14H18F2N2O3. The van der Waals surface area contributed by atoms with E-state index in [0.29, 0.717) is 18.7 Å². The van der Waals surface area contributed by atoms with E-state index in [1.165, 1.54) is 11.0 Å². The van der Waals surface area contributed by atoms with Gasteiger partial charge in [-0.2, -0.15) is 0 Å². The third kappa shape index (κ3) is 4.56. The van der Waals surface area contributed by atoms with Gasteiger partial charge in [0.05, 0.1) is 11.8 Å². The number of urea groups is 1. The Kier molecular flexibility index (Phi) is 5.32. The summed E-state index contributed by atoms with van der Waals surface area (Å²) in [7, 11) is 0. The summed E-state index contributed by atoms with van der Waals surface area (Å²) >= 11 is 0. The largest absolute Gasteiger partial charge is 0.485 e. The quantitative estimate of drug-likeness (QED) is 0.897. The van der Waals surface area contributed by atoms with Crippen LogP contribution in [0, 0.1) is 0 Å². The van der Waals surface area contributed by atoms with Gasteiger partial charge in [-0.15, -0.1) is 0 Å². The van der Waals surface area contributed by atoms with E-state index >= 15 is 0 Å². The first-order valence-corrected chi connectivity index (χ1v) is 6.80. The predicted molar refractivity (Wildman–Crippen MR) is 73.8 cm³/mol. The topological polar surface area (TPSA) is 61.8 Å². The number of para-hydroxylation sites is 2. The number of anilines is 1. The molecule has 1 aromatic carbocycles. The second kappa shape index (κ2) is 7.21. The van der Waals surface area contributed by atoms with Gasteiger partial charge in [0, 0.05) is 13.1 Å². The number of benzene rings is 1. The average molecular weight is 300 g/mol. The van der Waals surface area contributed by atoms with Crippen molar-refractivity contribution in [1.82, 2.24) is 4.90 Å². The van der Waals surface area contributed by atoms with E-state index in [2.05, 4.69) is 5.32 Å². The van der Waals surface area contributed by atoms with Crippen molar-refractivity contribution in [3.63, 3.8) is 0 Å². The number of aliphatic hydroxyl groups is 1. The van der Waals surface area contributed by atoms with Gasteiger partial charge in [0.1, 0.15) is 12.4 Å². The summed E-state index contributed by atoms with van der Waals surface area (Å²) in [6, 6.07) is 6.04. The normalized spacial score (nSPS) is 18.7. The van der Waals surface area contributed by atoms with Gasteiger partial charge in [-0.1, -0.05) is 12.1 Å². The number of carbonyl (C=O) groups excluding carboxylic acids is 1. The second-order valence-corrected chi connectivity index (χ2v) is 4.87. The van der Waals surface area contributed by atoms with Crippen molar-refractivity contribution < 1.29 is 23.4 Å². The first-order valence-electron chi connectivity index (χ1n) is 6.80. The lowest BCUT2D eigenvalue weighted by Crippen LogP contribution is -2.44. The smallest absolute Gasteiger partial charge is 0.322 e. The summed E-state index contributed by atoms with van der Waals surface area (Å²) in [6.45, 7) is 0.101. The minimum absolute atomic E-state index is 0.198. The van der Waals surface area contributed by atoms with Gasteiger partial charge in [-0.05, 0) is 25.0 Å². The van der Waals surface area contributed by atoms with Gasteiger partial charge in [0.25, 0.3) is 6.43 Å². The first-order chi connectivity index (χ1) is 10.1. The molecule has 0 bridgehead atoms. The predicted octanol–water partition coefficient (Wildman–Crippen LogP) is 2.32. The zero-order chi connectivity index (χ0) is 15.2. The van der Waals surface area contributed by atoms with Gasteiger partial charge >= 0.3 is 6.03 Å². The summed E-state index contributed by atoms with van der Waals surface area (Å²) in [5.41, 5.74) is 0.336. The summed E-state index contributed by atoms with van der Waals surface area (Å²) < 4.78 is 29.4. The summed E-state index contributed by atoms with van der Waals surface area (Å²) in [5, 5.41) is 12.2. The van der Waals surface area contributed by atoms with E-state index in [1.807, 2.05) is 0 Å². The molecule has 0 saturated carbocycles. The molecule has 0 aromatic heterocycles. The van der Waals surface area contributed by atoms with Crippen LogP contribution in [-0.2, 0) is 0 Å². The van der Waals surface area contributed by atoms with Crippen LogP contribution in [0.3, 0.4) is 0 Å². The number of hydrogen-bond acceptors (Lipinski definition) is 3. The van der Waals surface area contributed by atoms with E-state index in [4.69, 9.17) is 4.74 Å². The number of rotatable bonds is 4. The van der Waals surface area contributed by atoms with Crippen molar-refractivity contribution in [3.8, 4) is 5.75 Å². The maximum Gasteiger partial charge on any atom is 0.322 e. The summed E-state index contributed by atoms with van der Waals surface area (Å²) in [6.07, 6.45) is -1.68. The molecular weight excluding hydrogens is 282 g/mol. The molecule has 1 heterocycles. The minimum Gasteiger partial charge on any atom is -0.485 e. The van der Waals surface area contributed by atoms with E-state index < -0.39 is 19.1 Å². The van der Waals surface area contributed by atoms with Crippen molar-refractivity contribution in [1.29, 1.82) is 0 Å². The van der Waals surface area contributed by atoms with E-state index in [1.54, 1.807) is 18.2 Å². The van der Waals surface area contributed by atoms with E-state index in [-0.39, 0.29) is 18.3 Å². The van der Waals surface area contributed by atoms with Gasteiger partial charge in [-0.3, -0.25) is 0 Å². The Balaban J connectivity index is 1.99. The Labute approximate surface area is 121 Å². The van der Waals surface area contributed by atoms with Crippen LogP contribution < -0.4 is 10.1 Å². The highest BCUT2D eigenvalue weighted by molar-refractivity contribution is 5.91. The minimum atomic E-state index is -2.58. The van der Waals surface area contributed by atoms with Crippen LogP contribution in [0.15, 0.2) is 24.3 Å². The van der Waals surface area contributed by atoms with Crippen LogP contribution in [0.5, 0.6) is 5.75 Å². The maximum absolute atomic E-state index is 12.2. The molecule has 116 valence electrons. The number of nitrogens with one attached hydrogen (secondary N) is 1. The number of nitrogens with zero attached hydrogens (tertiary/aromatic N) is 1. The number of amides is 2. The average Bonchev–Trinajstić information content (AvgIpc) is 2.46. The number of halogens is 2.